The molecule has 2 aliphatic carbocycles. The number of benzene rings is 5. The van der Waals surface area contributed by atoms with Crippen molar-refractivity contribution in [2.45, 2.75) is 50.6 Å². The van der Waals surface area contributed by atoms with E-state index < -0.39 is 0 Å². The van der Waals surface area contributed by atoms with Gasteiger partial charge in [-0.1, -0.05) is 131 Å². The summed E-state index contributed by atoms with van der Waals surface area (Å²) < 4.78 is 7.26. The average molecular weight is 748 g/mol. The smallest absolute Gasteiger partial charge is 0.323 e. The lowest BCUT2D eigenvalue weighted by molar-refractivity contribution is 0.527. The minimum atomic E-state index is -0.203. The molecule has 0 bridgehead atoms. The molecule has 5 aliphatic heterocycles. The number of nitrogens with zero attached hydrogens (tertiary/aromatic N) is 7. The second kappa shape index (κ2) is 10.1. The van der Waals surface area contributed by atoms with Crippen LogP contribution in [-0.4, -0.2) is 37.0 Å². The third-order valence-electron chi connectivity index (χ3n) is 14.2. The van der Waals surface area contributed by atoms with E-state index in [-0.39, 0.29) is 22.9 Å². The molecule has 5 aromatic carbocycles. The lowest BCUT2D eigenvalue weighted by Crippen LogP contribution is -2.47. The highest BCUT2D eigenvalue weighted by Crippen LogP contribution is 2.61. The largest absolute Gasteiger partial charge is 0.447 e. The molecular weight excluding hydrogens is 711 g/mol. The summed E-state index contributed by atoms with van der Waals surface area (Å²) in [5, 5.41) is 2.54. The number of allylic oxidation sites excluding steroid dienone is 6. The molecular formula is C51H37N7+2. The topological polar surface area (TPSA) is 52.9 Å². The van der Waals surface area contributed by atoms with Gasteiger partial charge in [0, 0.05) is 32.1 Å². The van der Waals surface area contributed by atoms with Crippen molar-refractivity contribution in [1.82, 2.24) is 28.7 Å². The molecule has 7 heteroatoms. The minimum absolute atomic E-state index is 0.00672. The molecule has 274 valence electrons. The van der Waals surface area contributed by atoms with Gasteiger partial charge in [-0.25, -0.2) is 0 Å². The average Bonchev–Trinajstić information content (AvgIpc) is 3.78. The van der Waals surface area contributed by atoms with E-state index in [1.807, 2.05) is 6.07 Å². The highest BCUT2D eigenvalue weighted by atomic mass is 15.3. The molecule has 7 heterocycles. The summed E-state index contributed by atoms with van der Waals surface area (Å²) in [6.07, 6.45) is 13.6. The number of rotatable bonds is 3. The first kappa shape index (κ1) is 31.1. The molecule has 0 saturated heterocycles. The van der Waals surface area contributed by atoms with Gasteiger partial charge in [-0.2, -0.15) is 9.15 Å². The van der Waals surface area contributed by atoms with E-state index >= 15 is 0 Å². The van der Waals surface area contributed by atoms with Crippen LogP contribution in [-0.2, 0) is 10.8 Å². The van der Waals surface area contributed by atoms with Gasteiger partial charge >= 0.3 is 17.7 Å². The number of hydrogen-bond donors (Lipinski definition) is 0. The first-order valence-electron chi connectivity index (χ1n) is 20.4. The van der Waals surface area contributed by atoms with Crippen LogP contribution < -0.4 is 14.1 Å². The summed E-state index contributed by atoms with van der Waals surface area (Å²) >= 11 is 0. The van der Waals surface area contributed by atoms with E-state index in [2.05, 4.69) is 180 Å². The Morgan fingerprint density at radius 2 is 1.19 bits per heavy atom. The first-order valence-corrected chi connectivity index (χ1v) is 20.4. The summed E-state index contributed by atoms with van der Waals surface area (Å²) in [6.45, 7) is 9.49. The van der Waals surface area contributed by atoms with Crippen molar-refractivity contribution in [2.24, 2.45) is 0 Å². The van der Waals surface area contributed by atoms with Gasteiger partial charge in [0.2, 0.25) is 0 Å². The van der Waals surface area contributed by atoms with E-state index in [0.717, 1.165) is 28.4 Å². The summed E-state index contributed by atoms with van der Waals surface area (Å²) in [6, 6.07) is 37.5. The number of para-hydroxylation sites is 4. The zero-order chi connectivity index (χ0) is 38.4. The van der Waals surface area contributed by atoms with Gasteiger partial charge in [-0.15, -0.1) is 0 Å². The normalized spacial score (nSPS) is 21.3. The molecule has 0 amide bonds. The van der Waals surface area contributed by atoms with Crippen molar-refractivity contribution < 1.29 is 0 Å². The van der Waals surface area contributed by atoms with Crippen molar-refractivity contribution in [1.29, 1.82) is 0 Å². The van der Waals surface area contributed by atoms with Gasteiger partial charge in [-0.3, -0.25) is 0 Å². The molecule has 7 aromatic rings. The van der Waals surface area contributed by atoms with Crippen LogP contribution in [0.4, 0.5) is 34.6 Å². The van der Waals surface area contributed by atoms with E-state index in [1.165, 1.54) is 66.6 Å². The van der Waals surface area contributed by atoms with Crippen molar-refractivity contribution in [3.63, 3.8) is 0 Å². The Labute approximate surface area is 335 Å². The fourth-order valence-electron chi connectivity index (χ4n) is 11.7. The molecule has 2 atom stereocenters. The number of hydrogen-bond acceptors (Lipinski definition) is 4. The Bertz CT molecular complexity index is 3350. The monoisotopic (exact) mass is 747 g/mol. The fraction of sp³-hybridized carbons (Fsp3) is 0.157. The Balaban J connectivity index is 1.09. The molecule has 0 radical (unpaired) electrons. The second-order valence-corrected chi connectivity index (χ2v) is 17.7. The fourth-order valence-corrected chi connectivity index (χ4v) is 11.7. The van der Waals surface area contributed by atoms with Crippen LogP contribution in [0.3, 0.4) is 0 Å². The van der Waals surface area contributed by atoms with Gasteiger partial charge in [0.15, 0.2) is 0 Å². The molecule has 14 rings (SSSR count). The maximum absolute atomic E-state index is 5.63. The van der Waals surface area contributed by atoms with Crippen molar-refractivity contribution in [3.05, 3.63) is 167 Å². The molecule has 7 nitrogen and oxygen atoms in total. The molecule has 2 unspecified atom stereocenters. The molecule has 0 saturated carbocycles. The van der Waals surface area contributed by atoms with Gasteiger partial charge in [0.25, 0.3) is 0 Å². The standard InChI is InChI=1S/C51H37N7/c1-50(2)33-20-8-16-29-31-18-10-24-37-43(31)57(41(29)33)45-35(50)22-12-26-39(45)55(37)48-52-47(28-14-6-5-7-15-28)53-49(54-48)56-38-25-11-19-32-30-17-9-21-34-42(30)58(44(32)38)46-36(51(34,3)4)23-13-27-40(46)56/h5-27,43,46H,1-4H3/q+2. The van der Waals surface area contributed by atoms with E-state index in [9.17, 15) is 0 Å². The van der Waals surface area contributed by atoms with E-state index in [1.54, 1.807) is 0 Å². The zero-order valence-corrected chi connectivity index (χ0v) is 32.6. The lowest BCUT2D eigenvalue weighted by atomic mass is 9.69. The summed E-state index contributed by atoms with van der Waals surface area (Å²) in [5.74, 6) is 1.86. The molecule has 0 spiro atoms. The highest BCUT2D eigenvalue weighted by Gasteiger charge is 2.53. The quantitative estimate of drug-likeness (QED) is 0.169. The van der Waals surface area contributed by atoms with Gasteiger partial charge in [0.1, 0.15) is 34.9 Å². The second-order valence-electron chi connectivity index (χ2n) is 17.7. The maximum Gasteiger partial charge on any atom is 0.447 e. The zero-order valence-electron chi connectivity index (χ0n) is 32.6. The number of anilines is 2. The molecule has 7 aliphatic rings. The van der Waals surface area contributed by atoms with Crippen LogP contribution in [0.15, 0.2) is 145 Å². The van der Waals surface area contributed by atoms with Gasteiger partial charge in [-0.05, 0) is 74.2 Å². The molecule has 58 heavy (non-hydrogen) atoms. The molecule has 0 fully saturated rings. The van der Waals surface area contributed by atoms with Crippen LogP contribution >= 0.6 is 0 Å². The predicted octanol–water partition coefficient (Wildman–Crippen LogP) is 10.7. The summed E-state index contributed by atoms with van der Waals surface area (Å²) in [5.41, 5.74) is 18.1. The van der Waals surface area contributed by atoms with Crippen LogP contribution in [0.25, 0.3) is 38.8 Å². The van der Waals surface area contributed by atoms with Gasteiger partial charge < -0.3 is 9.47 Å². The Kier molecular flexibility index (Phi) is 5.43. The van der Waals surface area contributed by atoms with Crippen molar-refractivity contribution in [2.75, 3.05) is 4.90 Å². The van der Waals surface area contributed by atoms with Crippen LogP contribution in [0.5, 0.6) is 0 Å². The number of fused-ring (bicyclic) bond motifs is 2. The van der Waals surface area contributed by atoms with Crippen LogP contribution in [0.2, 0.25) is 0 Å². The Hall–Kier alpha value is -6.99. The lowest BCUT2D eigenvalue weighted by Gasteiger charge is -2.45. The molecule has 0 N–H and O–H groups in total. The molecule has 2 aromatic heterocycles. The number of aromatic nitrogens is 4. The van der Waals surface area contributed by atoms with E-state index in [0.29, 0.717) is 17.7 Å². The first-order chi connectivity index (χ1) is 28.3. The summed E-state index contributed by atoms with van der Waals surface area (Å²) in [7, 11) is 0. The summed E-state index contributed by atoms with van der Waals surface area (Å²) in [4.78, 5) is 19.1. The Morgan fingerprint density at radius 1 is 0.552 bits per heavy atom. The van der Waals surface area contributed by atoms with Crippen LogP contribution in [0, 0.1) is 0 Å². The van der Waals surface area contributed by atoms with Crippen molar-refractivity contribution in [3.8, 4) is 11.4 Å². The van der Waals surface area contributed by atoms with E-state index in [4.69, 9.17) is 15.0 Å². The minimum Gasteiger partial charge on any atom is -0.323 e. The third kappa shape index (κ3) is 3.45. The van der Waals surface area contributed by atoms with Crippen LogP contribution in [0.1, 0.15) is 56.0 Å². The van der Waals surface area contributed by atoms with Crippen molar-refractivity contribution >= 4 is 73.4 Å². The third-order valence-corrected chi connectivity index (χ3v) is 14.2. The SMILES string of the molecule is CC1(C)C2=CC=CC3=[N+](c4nc(-c5ccccc5)nc([N+]5=C6C=CC=C7c8cccc9c8N(c8c5cccc8C9(C)C)C76)n4)c4cccc5c6cccc1c6n(c45)C23. The predicted molar refractivity (Wildman–Crippen MR) is 235 cm³/mol. The highest BCUT2D eigenvalue weighted by molar-refractivity contribution is 6.23. The Morgan fingerprint density at radius 3 is 2.00 bits per heavy atom. The maximum atomic E-state index is 5.63. The van der Waals surface area contributed by atoms with Gasteiger partial charge in [0.05, 0.1) is 28.0 Å².